The van der Waals surface area contributed by atoms with Gasteiger partial charge in [0.25, 0.3) is 4.84 Å². The summed E-state index contributed by atoms with van der Waals surface area (Å²) in [5.74, 6) is 0.825. The minimum atomic E-state index is 0.427. The fourth-order valence-electron chi connectivity index (χ4n) is 1.27. The molecule has 0 radical (unpaired) electrons. The molecule has 0 atom stereocenters. The van der Waals surface area contributed by atoms with Gasteiger partial charge in [0, 0.05) is 5.56 Å². The second-order valence-corrected chi connectivity index (χ2v) is 3.21. The number of benzene rings is 1. The number of oxazole rings is 1. The molecule has 0 saturated carbocycles. The Balaban J connectivity index is 2.59. The molecule has 1 heterocycles. The summed E-state index contributed by atoms with van der Waals surface area (Å²) in [4.78, 5) is 3.38. The molecule has 2 rings (SSSR count). The summed E-state index contributed by atoms with van der Waals surface area (Å²) in [5.41, 5.74) is 2.02. The summed E-state index contributed by atoms with van der Waals surface area (Å²) in [5, 5.41) is 0. The molecule has 0 fully saturated rings. The minimum absolute atomic E-state index is 0.427. The van der Waals surface area contributed by atoms with Gasteiger partial charge in [-0.15, -0.1) is 0 Å². The van der Waals surface area contributed by atoms with Crippen LogP contribution in [0.5, 0.6) is 0 Å². The third-order valence-corrected chi connectivity index (χ3v) is 2.05. The van der Waals surface area contributed by atoms with E-state index in [2.05, 4.69) is 4.98 Å². The van der Waals surface area contributed by atoms with Crippen molar-refractivity contribution in [2.24, 2.45) is 0 Å². The molecule has 1 N–H and O–H groups in total. The fraction of sp³-hybridized carbons (Fsp3) is 0.100. The van der Waals surface area contributed by atoms with Crippen LogP contribution in [0.15, 0.2) is 34.7 Å². The summed E-state index contributed by atoms with van der Waals surface area (Å²) in [6.07, 6.45) is 0. The van der Waals surface area contributed by atoms with Crippen molar-refractivity contribution in [2.45, 2.75) is 6.92 Å². The lowest BCUT2D eigenvalue weighted by molar-refractivity contribution is 0.554. The molecule has 0 saturated heterocycles. The molecule has 0 aliphatic heterocycles. The Morgan fingerprint density at radius 2 is 1.92 bits per heavy atom. The van der Waals surface area contributed by atoms with Gasteiger partial charge in [-0.05, 0) is 19.1 Å². The number of hydrogen-bond acceptors (Lipinski definition) is 2. The quantitative estimate of drug-likeness (QED) is 0.700. The van der Waals surface area contributed by atoms with Crippen LogP contribution in [0.3, 0.4) is 0 Å². The topological polar surface area (TPSA) is 28.9 Å². The Kier molecular flexibility index (Phi) is 2.02. The van der Waals surface area contributed by atoms with E-state index in [0.717, 1.165) is 17.0 Å². The lowest BCUT2D eigenvalue weighted by Gasteiger charge is -1.95. The van der Waals surface area contributed by atoms with Crippen molar-refractivity contribution in [2.75, 3.05) is 0 Å². The van der Waals surface area contributed by atoms with Crippen molar-refractivity contribution >= 4 is 12.2 Å². The van der Waals surface area contributed by atoms with Crippen LogP contribution < -0.4 is 0 Å². The van der Waals surface area contributed by atoms with Crippen LogP contribution in [0, 0.1) is 11.8 Å². The van der Waals surface area contributed by atoms with Crippen molar-refractivity contribution in [3.05, 3.63) is 40.9 Å². The molecule has 1 aromatic heterocycles. The van der Waals surface area contributed by atoms with E-state index in [4.69, 9.17) is 16.6 Å². The predicted octanol–water partition coefficient (Wildman–Crippen LogP) is 3.31. The Morgan fingerprint density at radius 3 is 2.46 bits per heavy atom. The van der Waals surface area contributed by atoms with Crippen molar-refractivity contribution in [3.63, 3.8) is 0 Å². The van der Waals surface area contributed by atoms with E-state index >= 15 is 0 Å². The normalized spacial score (nSPS) is 10.2. The predicted molar refractivity (Wildman–Crippen MR) is 54.1 cm³/mol. The van der Waals surface area contributed by atoms with E-state index in [1.165, 1.54) is 0 Å². The SMILES string of the molecule is Cc1[nH]c(=S)oc1-c1ccccc1. The van der Waals surface area contributed by atoms with Gasteiger partial charge in [-0.25, -0.2) is 0 Å². The highest BCUT2D eigenvalue weighted by atomic mass is 32.1. The Labute approximate surface area is 81.2 Å². The molecular weight excluding hydrogens is 182 g/mol. The molecule has 66 valence electrons. The van der Waals surface area contributed by atoms with E-state index < -0.39 is 0 Å². The number of H-pyrrole nitrogens is 1. The first-order chi connectivity index (χ1) is 6.27. The van der Waals surface area contributed by atoms with Crippen molar-refractivity contribution < 1.29 is 4.42 Å². The second-order valence-electron chi connectivity index (χ2n) is 2.83. The van der Waals surface area contributed by atoms with Crippen molar-refractivity contribution in [3.8, 4) is 11.3 Å². The van der Waals surface area contributed by atoms with Crippen LogP contribution in [0.2, 0.25) is 0 Å². The van der Waals surface area contributed by atoms with Crippen LogP contribution in [-0.4, -0.2) is 4.98 Å². The number of nitrogens with one attached hydrogen (secondary N) is 1. The summed E-state index contributed by atoms with van der Waals surface area (Å²) >= 11 is 4.90. The van der Waals surface area contributed by atoms with Gasteiger partial charge >= 0.3 is 0 Å². The molecule has 0 amide bonds. The largest absolute Gasteiger partial charge is 0.429 e. The molecule has 3 heteroatoms. The minimum Gasteiger partial charge on any atom is -0.429 e. The van der Waals surface area contributed by atoms with Gasteiger partial charge in [0.2, 0.25) is 0 Å². The molecule has 13 heavy (non-hydrogen) atoms. The third-order valence-electron chi connectivity index (χ3n) is 1.86. The zero-order valence-electron chi connectivity index (χ0n) is 7.20. The number of aromatic nitrogens is 1. The Morgan fingerprint density at radius 1 is 1.23 bits per heavy atom. The van der Waals surface area contributed by atoms with E-state index in [9.17, 15) is 0 Å². The highest BCUT2D eigenvalue weighted by Crippen LogP contribution is 2.22. The maximum atomic E-state index is 5.36. The van der Waals surface area contributed by atoms with Gasteiger partial charge in [0.15, 0.2) is 5.76 Å². The fourth-order valence-corrected chi connectivity index (χ4v) is 1.51. The maximum absolute atomic E-state index is 5.36. The monoisotopic (exact) mass is 191 g/mol. The smallest absolute Gasteiger partial charge is 0.266 e. The number of rotatable bonds is 1. The van der Waals surface area contributed by atoms with Gasteiger partial charge in [-0.2, -0.15) is 0 Å². The van der Waals surface area contributed by atoms with Gasteiger partial charge in [-0.3, -0.25) is 0 Å². The molecule has 2 nitrogen and oxygen atoms in total. The second kappa shape index (κ2) is 3.18. The van der Waals surface area contributed by atoms with Gasteiger partial charge in [0.05, 0.1) is 5.69 Å². The number of aryl methyl sites for hydroxylation is 1. The zero-order valence-corrected chi connectivity index (χ0v) is 8.02. The first-order valence-electron chi connectivity index (χ1n) is 4.02. The zero-order chi connectivity index (χ0) is 9.26. The first-order valence-corrected chi connectivity index (χ1v) is 4.43. The van der Waals surface area contributed by atoms with Crippen LogP contribution in [0.4, 0.5) is 0 Å². The van der Waals surface area contributed by atoms with Gasteiger partial charge < -0.3 is 9.40 Å². The van der Waals surface area contributed by atoms with Crippen LogP contribution >= 0.6 is 12.2 Å². The van der Waals surface area contributed by atoms with Crippen molar-refractivity contribution in [1.82, 2.24) is 4.98 Å². The highest BCUT2D eigenvalue weighted by Gasteiger charge is 2.05. The molecule has 1 aromatic carbocycles. The third kappa shape index (κ3) is 1.55. The molecule has 0 aliphatic carbocycles. The van der Waals surface area contributed by atoms with Gasteiger partial charge in [-0.1, -0.05) is 30.3 Å². The summed E-state index contributed by atoms with van der Waals surface area (Å²) in [6, 6.07) is 9.91. The molecular formula is C10H9NOS. The Hall–Kier alpha value is -1.35. The molecule has 0 spiro atoms. The van der Waals surface area contributed by atoms with Crippen LogP contribution in [0.1, 0.15) is 5.69 Å². The molecule has 2 aromatic rings. The molecule has 0 aliphatic rings. The summed E-state index contributed by atoms with van der Waals surface area (Å²) < 4.78 is 5.36. The summed E-state index contributed by atoms with van der Waals surface area (Å²) in [7, 11) is 0. The lowest BCUT2D eigenvalue weighted by Crippen LogP contribution is -1.76. The molecule has 0 bridgehead atoms. The maximum Gasteiger partial charge on any atom is 0.266 e. The lowest BCUT2D eigenvalue weighted by atomic mass is 10.1. The first kappa shape index (κ1) is 8.26. The average molecular weight is 191 g/mol. The Bertz CT molecular complexity index is 455. The standard InChI is InChI=1S/C10H9NOS/c1-7-9(12-10(13)11-7)8-5-3-2-4-6-8/h2-6H,1H3,(H,11,13). The van der Waals surface area contributed by atoms with Gasteiger partial charge in [0.1, 0.15) is 0 Å². The highest BCUT2D eigenvalue weighted by molar-refractivity contribution is 7.71. The number of hydrogen-bond donors (Lipinski definition) is 1. The van der Waals surface area contributed by atoms with E-state index in [0.29, 0.717) is 4.84 Å². The number of aromatic amines is 1. The molecule has 0 unspecified atom stereocenters. The van der Waals surface area contributed by atoms with E-state index in [1.807, 2.05) is 37.3 Å². The van der Waals surface area contributed by atoms with E-state index in [-0.39, 0.29) is 0 Å². The van der Waals surface area contributed by atoms with Crippen molar-refractivity contribution in [1.29, 1.82) is 0 Å². The van der Waals surface area contributed by atoms with Crippen LogP contribution in [-0.2, 0) is 0 Å². The summed E-state index contributed by atoms with van der Waals surface area (Å²) in [6.45, 7) is 1.95. The van der Waals surface area contributed by atoms with E-state index in [1.54, 1.807) is 0 Å². The average Bonchev–Trinajstić information content (AvgIpc) is 2.47. The van der Waals surface area contributed by atoms with Crippen LogP contribution in [0.25, 0.3) is 11.3 Å².